The first kappa shape index (κ1) is 14.0. The topological polar surface area (TPSA) is 71.0 Å². The Balaban J connectivity index is 2.51. The lowest BCUT2D eigenvalue weighted by Crippen LogP contribution is -2.33. The number of hydrogen-bond donors (Lipinski definition) is 1. The van der Waals surface area contributed by atoms with Crippen molar-refractivity contribution in [1.29, 1.82) is 0 Å². The molecule has 0 atom stereocenters. The molecule has 98 valence electrons. The van der Waals surface area contributed by atoms with Crippen molar-refractivity contribution in [2.45, 2.75) is 13.8 Å². The van der Waals surface area contributed by atoms with Crippen LogP contribution in [0.3, 0.4) is 0 Å². The number of carbonyl (C=O) groups is 1. The van der Waals surface area contributed by atoms with Crippen molar-refractivity contribution in [1.82, 2.24) is 5.32 Å². The minimum Gasteiger partial charge on any atom is -0.450 e. The molecule has 0 aromatic heterocycles. The summed E-state index contributed by atoms with van der Waals surface area (Å²) in [5.74, 6) is 0. The third kappa shape index (κ3) is 4.04. The zero-order valence-electron chi connectivity index (χ0n) is 10.5. The summed E-state index contributed by atoms with van der Waals surface area (Å²) >= 11 is 0. The van der Waals surface area contributed by atoms with Gasteiger partial charge in [-0.3, -0.25) is 0 Å². The fourth-order valence-electron chi connectivity index (χ4n) is 1.50. The molecule has 6 nitrogen and oxygen atoms in total. The Morgan fingerprint density at radius 1 is 1.44 bits per heavy atom. The van der Waals surface area contributed by atoms with E-state index in [0.29, 0.717) is 19.7 Å². The molecule has 0 bridgehead atoms. The van der Waals surface area contributed by atoms with E-state index >= 15 is 0 Å². The first-order valence-electron chi connectivity index (χ1n) is 5.76. The van der Waals surface area contributed by atoms with Gasteiger partial charge in [-0.25, -0.2) is 9.80 Å². The molecule has 0 aliphatic rings. The number of para-hydroxylation sites is 1. The van der Waals surface area contributed by atoms with Gasteiger partial charge in [0.1, 0.15) is 0 Å². The number of carbonyl (C=O) groups excluding carboxylic acids is 1. The van der Waals surface area contributed by atoms with Crippen molar-refractivity contribution in [3.05, 3.63) is 34.7 Å². The van der Waals surface area contributed by atoms with Gasteiger partial charge in [0.2, 0.25) is 0 Å². The lowest BCUT2D eigenvalue weighted by atomic mass is 10.2. The van der Waals surface area contributed by atoms with Gasteiger partial charge >= 0.3 is 6.09 Å². The lowest BCUT2D eigenvalue weighted by molar-refractivity contribution is 0.152. The van der Waals surface area contributed by atoms with Crippen LogP contribution in [0.1, 0.15) is 12.5 Å². The fraction of sp³-hybridized carbons (Fsp3) is 0.417. The van der Waals surface area contributed by atoms with E-state index in [1.807, 2.05) is 25.1 Å². The summed E-state index contributed by atoms with van der Waals surface area (Å²) in [5, 5.41) is 6.80. The summed E-state index contributed by atoms with van der Waals surface area (Å²) in [5.41, 5.74) is 1.69. The highest BCUT2D eigenvalue weighted by molar-refractivity contribution is 5.67. The number of hydrogen-bond acceptors (Lipinski definition) is 4. The molecular formula is C12H17N3O3. The van der Waals surface area contributed by atoms with E-state index in [4.69, 9.17) is 4.74 Å². The molecular weight excluding hydrogens is 234 g/mol. The van der Waals surface area contributed by atoms with Crippen LogP contribution in [0.25, 0.3) is 0 Å². The molecule has 0 spiro atoms. The van der Waals surface area contributed by atoms with Crippen molar-refractivity contribution in [3.8, 4) is 0 Å². The van der Waals surface area contributed by atoms with Gasteiger partial charge in [-0.15, -0.1) is 4.91 Å². The van der Waals surface area contributed by atoms with E-state index < -0.39 is 6.09 Å². The Labute approximate surface area is 106 Å². The van der Waals surface area contributed by atoms with Gasteiger partial charge in [0.25, 0.3) is 0 Å². The second kappa shape index (κ2) is 7.26. The Morgan fingerprint density at radius 3 is 2.78 bits per heavy atom. The SMILES string of the molecule is CCOC(=O)NCCN(N=O)c1ccccc1C. The summed E-state index contributed by atoms with van der Waals surface area (Å²) in [6.45, 7) is 4.53. The van der Waals surface area contributed by atoms with Crippen molar-refractivity contribution in [3.63, 3.8) is 0 Å². The number of benzene rings is 1. The Morgan fingerprint density at radius 2 is 2.17 bits per heavy atom. The van der Waals surface area contributed by atoms with Crippen LogP contribution in [0.4, 0.5) is 10.5 Å². The molecule has 0 fully saturated rings. The normalized spacial score (nSPS) is 9.67. The molecule has 1 N–H and O–H groups in total. The minimum absolute atomic E-state index is 0.291. The molecule has 0 saturated carbocycles. The largest absolute Gasteiger partial charge is 0.450 e. The van der Waals surface area contributed by atoms with Gasteiger partial charge in [0.05, 0.1) is 24.1 Å². The Kier molecular flexibility index (Phi) is 5.63. The number of amides is 1. The third-order valence-corrected chi connectivity index (χ3v) is 2.36. The maximum absolute atomic E-state index is 11.1. The predicted octanol–water partition coefficient (Wildman–Crippen LogP) is 2.23. The van der Waals surface area contributed by atoms with E-state index in [-0.39, 0.29) is 0 Å². The van der Waals surface area contributed by atoms with Gasteiger partial charge in [0, 0.05) is 6.54 Å². The lowest BCUT2D eigenvalue weighted by Gasteiger charge is -2.17. The van der Waals surface area contributed by atoms with E-state index in [2.05, 4.69) is 10.6 Å². The van der Waals surface area contributed by atoms with Crippen LogP contribution < -0.4 is 10.3 Å². The second-order valence-corrected chi connectivity index (χ2v) is 3.64. The average molecular weight is 251 g/mol. The highest BCUT2D eigenvalue weighted by atomic mass is 16.5. The highest BCUT2D eigenvalue weighted by Crippen LogP contribution is 2.18. The Bertz CT molecular complexity index is 409. The minimum atomic E-state index is -0.492. The van der Waals surface area contributed by atoms with Crippen LogP contribution >= 0.6 is 0 Å². The van der Waals surface area contributed by atoms with Crippen molar-refractivity contribution in [2.24, 2.45) is 5.29 Å². The first-order valence-corrected chi connectivity index (χ1v) is 5.76. The van der Waals surface area contributed by atoms with Gasteiger partial charge in [-0.05, 0) is 25.5 Å². The highest BCUT2D eigenvalue weighted by Gasteiger charge is 2.09. The van der Waals surface area contributed by atoms with E-state index in [9.17, 15) is 9.70 Å². The molecule has 0 radical (unpaired) electrons. The van der Waals surface area contributed by atoms with Crippen LogP contribution in [0.2, 0.25) is 0 Å². The fourth-order valence-corrected chi connectivity index (χ4v) is 1.50. The number of nitroso groups, excluding NO2 is 1. The zero-order valence-corrected chi connectivity index (χ0v) is 10.5. The molecule has 18 heavy (non-hydrogen) atoms. The number of alkyl carbamates (subject to hydrolysis) is 1. The zero-order chi connectivity index (χ0) is 13.4. The Hall–Kier alpha value is -2.11. The molecule has 0 saturated heterocycles. The number of anilines is 1. The second-order valence-electron chi connectivity index (χ2n) is 3.64. The number of ether oxygens (including phenoxy) is 1. The molecule has 0 aliphatic heterocycles. The monoisotopic (exact) mass is 251 g/mol. The van der Waals surface area contributed by atoms with Crippen LogP contribution in [-0.2, 0) is 4.74 Å². The summed E-state index contributed by atoms with van der Waals surface area (Å²) in [6.07, 6.45) is -0.492. The number of rotatable bonds is 6. The third-order valence-electron chi connectivity index (χ3n) is 2.36. The van der Waals surface area contributed by atoms with Crippen LogP contribution in [0.15, 0.2) is 29.6 Å². The average Bonchev–Trinajstić information content (AvgIpc) is 2.36. The summed E-state index contributed by atoms with van der Waals surface area (Å²) in [6, 6.07) is 7.42. The van der Waals surface area contributed by atoms with Crippen LogP contribution in [0, 0.1) is 11.8 Å². The molecule has 0 heterocycles. The van der Waals surface area contributed by atoms with Crippen molar-refractivity contribution >= 4 is 11.8 Å². The molecule has 0 aliphatic carbocycles. The van der Waals surface area contributed by atoms with Crippen molar-refractivity contribution < 1.29 is 9.53 Å². The summed E-state index contributed by atoms with van der Waals surface area (Å²) in [7, 11) is 0. The van der Waals surface area contributed by atoms with Gasteiger partial charge in [-0.2, -0.15) is 0 Å². The molecule has 1 rings (SSSR count). The summed E-state index contributed by atoms with van der Waals surface area (Å²) in [4.78, 5) is 21.8. The predicted molar refractivity (Wildman–Crippen MR) is 69.3 cm³/mol. The maximum atomic E-state index is 11.1. The molecule has 1 amide bonds. The first-order chi connectivity index (χ1) is 8.69. The van der Waals surface area contributed by atoms with Gasteiger partial charge in [-0.1, -0.05) is 18.2 Å². The smallest absolute Gasteiger partial charge is 0.407 e. The van der Waals surface area contributed by atoms with Crippen LogP contribution in [0.5, 0.6) is 0 Å². The molecule has 6 heteroatoms. The molecule has 1 aromatic rings. The van der Waals surface area contributed by atoms with Gasteiger partial charge in [0.15, 0.2) is 0 Å². The number of nitrogens with zero attached hydrogens (tertiary/aromatic N) is 2. The van der Waals surface area contributed by atoms with Crippen LogP contribution in [-0.4, -0.2) is 25.8 Å². The van der Waals surface area contributed by atoms with Gasteiger partial charge < -0.3 is 10.1 Å². The van der Waals surface area contributed by atoms with Crippen molar-refractivity contribution in [2.75, 3.05) is 24.7 Å². The standard InChI is InChI=1S/C12H17N3O3/c1-3-18-12(16)13-8-9-15(14-17)11-7-5-4-6-10(11)2/h4-7H,3,8-9H2,1-2H3,(H,13,16). The number of aryl methyl sites for hydroxylation is 1. The number of nitrogens with one attached hydrogen (secondary N) is 1. The molecule has 1 aromatic carbocycles. The maximum Gasteiger partial charge on any atom is 0.407 e. The summed E-state index contributed by atoms with van der Waals surface area (Å²) < 4.78 is 4.71. The van der Waals surface area contributed by atoms with E-state index in [1.165, 1.54) is 5.01 Å². The molecule has 0 unspecified atom stereocenters. The van der Waals surface area contributed by atoms with E-state index in [1.54, 1.807) is 13.0 Å². The van der Waals surface area contributed by atoms with E-state index in [0.717, 1.165) is 11.3 Å². The quantitative estimate of drug-likeness (QED) is 0.621.